The molecule has 1 amide bonds. The summed E-state index contributed by atoms with van der Waals surface area (Å²) in [5.41, 5.74) is 1.48. The third-order valence-corrected chi connectivity index (χ3v) is 4.58. The van der Waals surface area contributed by atoms with Crippen LogP contribution in [0.3, 0.4) is 0 Å². The third-order valence-electron chi connectivity index (χ3n) is 3.46. The van der Waals surface area contributed by atoms with Gasteiger partial charge in [0, 0.05) is 6.04 Å². The molecule has 1 atom stereocenters. The second kappa shape index (κ2) is 8.17. The number of aryl methyl sites for hydroxylation is 1. The highest BCUT2D eigenvalue weighted by molar-refractivity contribution is 7.92. The molecule has 1 aromatic carbocycles. The topological polar surface area (TPSA) is 66.5 Å². The molecule has 0 saturated carbocycles. The van der Waals surface area contributed by atoms with Crippen LogP contribution in [-0.4, -0.2) is 33.2 Å². The molecule has 0 saturated heterocycles. The first-order valence-corrected chi connectivity index (χ1v) is 9.49. The van der Waals surface area contributed by atoms with Crippen molar-refractivity contribution in [1.29, 1.82) is 0 Å². The zero-order valence-electron chi connectivity index (χ0n) is 13.8. The molecule has 0 unspecified atom stereocenters. The average Bonchev–Trinajstić information content (AvgIpc) is 2.43. The molecule has 0 bridgehead atoms. The molecule has 1 aromatic rings. The van der Waals surface area contributed by atoms with Crippen molar-refractivity contribution in [2.75, 3.05) is 17.1 Å². The van der Waals surface area contributed by atoms with Gasteiger partial charge in [0.2, 0.25) is 15.9 Å². The molecule has 0 heterocycles. The molecule has 6 heteroatoms. The molecule has 0 radical (unpaired) electrons. The van der Waals surface area contributed by atoms with Gasteiger partial charge in [-0.2, -0.15) is 0 Å². The van der Waals surface area contributed by atoms with E-state index in [0.717, 1.165) is 24.7 Å². The second-order valence-electron chi connectivity index (χ2n) is 5.51. The predicted octanol–water partition coefficient (Wildman–Crippen LogP) is 2.32. The van der Waals surface area contributed by atoms with Gasteiger partial charge in [-0.15, -0.1) is 0 Å². The highest BCUT2D eigenvalue weighted by atomic mass is 32.2. The Morgan fingerprint density at radius 3 is 2.45 bits per heavy atom. The van der Waals surface area contributed by atoms with Gasteiger partial charge in [-0.3, -0.25) is 9.10 Å². The quantitative estimate of drug-likeness (QED) is 0.797. The lowest BCUT2D eigenvalue weighted by Crippen LogP contribution is -2.43. The fourth-order valence-corrected chi connectivity index (χ4v) is 3.28. The lowest BCUT2D eigenvalue weighted by atomic mass is 10.1. The number of nitrogens with one attached hydrogen (secondary N) is 1. The largest absolute Gasteiger partial charge is 0.352 e. The summed E-state index contributed by atoms with van der Waals surface area (Å²) < 4.78 is 25.4. The van der Waals surface area contributed by atoms with Crippen LogP contribution >= 0.6 is 0 Å². The number of rotatable bonds is 8. The number of sulfonamides is 1. The SMILES string of the molecule is CCC[C@H](C)NC(=O)CN(c1ccccc1CC)S(C)(=O)=O. The number of nitrogens with zero attached hydrogens (tertiary/aromatic N) is 1. The van der Waals surface area contributed by atoms with E-state index in [4.69, 9.17) is 0 Å². The van der Waals surface area contributed by atoms with Gasteiger partial charge in [0.25, 0.3) is 0 Å². The van der Waals surface area contributed by atoms with E-state index >= 15 is 0 Å². The normalized spacial score (nSPS) is 12.7. The molecule has 1 N–H and O–H groups in total. The summed E-state index contributed by atoms with van der Waals surface area (Å²) in [4.78, 5) is 12.1. The monoisotopic (exact) mass is 326 g/mol. The van der Waals surface area contributed by atoms with Crippen molar-refractivity contribution in [3.63, 3.8) is 0 Å². The van der Waals surface area contributed by atoms with Gasteiger partial charge in [-0.1, -0.05) is 38.5 Å². The summed E-state index contributed by atoms with van der Waals surface area (Å²) in [7, 11) is -3.52. The van der Waals surface area contributed by atoms with Gasteiger partial charge >= 0.3 is 0 Å². The Kier molecular flexibility index (Phi) is 6.87. The smallest absolute Gasteiger partial charge is 0.240 e. The highest BCUT2D eigenvalue weighted by Crippen LogP contribution is 2.23. The van der Waals surface area contributed by atoms with E-state index in [0.29, 0.717) is 12.1 Å². The lowest BCUT2D eigenvalue weighted by Gasteiger charge is -2.25. The molecule has 0 fully saturated rings. The molecule has 0 spiro atoms. The minimum Gasteiger partial charge on any atom is -0.352 e. The Morgan fingerprint density at radius 1 is 1.27 bits per heavy atom. The van der Waals surface area contributed by atoms with E-state index in [1.165, 1.54) is 4.31 Å². The summed E-state index contributed by atoms with van der Waals surface area (Å²) >= 11 is 0. The molecule has 0 aliphatic carbocycles. The summed E-state index contributed by atoms with van der Waals surface area (Å²) in [5.74, 6) is -0.280. The van der Waals surface area contributed by atoms with E-state index < -0.39 is 10.0 Å². The van der Waals surface area contributed by atoms with Crippen LogP contribution in [-0.2, 0) is 21.2 Å². The van der Waals surface area contributed by atoms with Gasteiger partial charge in [-0.05, 0) is 31.4 Å². The van der Waals surface area contributed by atoms with Crippen LogP contribution in [0.1, 0.15) is 39.2 Å². The minimum absolute atomic E-state index is 0.0420. The van der Waals surface area contributed by atoms with E-state index in [-0.39, 0.29) is 18.5 Å². The highest BCUT2D eigenvalue weighted by Gasteiger charge is 2.23. The summed E-state index contributed by atoms with van der Waals surface area (Å²) in [5, 5.41) is 2.85. The standard InChI is InChI=1S/C16H26N2O3S/c1-5-9-13(3)17-16(19)12-18(22(4,20)21)15-11-8-7-10-14(15)6-2/h7-8,10-11,13H,5-6,9,12H2,1-4H3,(H,17,19)/t13-/m0/s1. The first-order chi connectivity index (χ1) is 10.3. The number of para-hydroxylation sites is 1. The van der Waals surface area contributed by atoms with Crippen LogP contribution in [0.25, 0.3) is 0 Å². The van der Waals surface area contributed by atoms with Crippen molar-refractivity contribution >= 4 is 21.6 Å². The number of carbonyl (C=O) groups is 1. The first-order valence-electron chi connectivity index (χ1n) is 7.64. The molecular weight excluding hydrogens is 300 g/mol. The third kappa shape index (κ3) is 5.33. The van der Waals surface area contributed by atoms with E-state index in [9.17, 15) is 13.2 Å². The van der Waals surface area contributed by atoms with Crippen molar-refractivity contribution < 1.29 is 13.2 Å². The number of amides is 1. The van der Waals surface area contributed by atoms with Crippen molar-refractivity contribution in [3.05, 3.63) is 29.8 Å². The Balaban J connectivity index is 2.99. The zero-order chi connectivity index (χ0) is 16.8. The van der Waals surface area contributed by atoms with Gasteiger partial charge in [-0.25, -0.2) is 8.42 Å². The minimum atomic E-state index is -3.52. The average molecular weight is 326 g/mol. The maximum absolute atomic E-state index is 12.1. The van der Waals surface area contributed by atoms with Crippen molar-refractivity contribution in [2.24, 2.45) is 0 Å². The fraction of sp³-hybridized carbons (Fsp3) is 0.562. The molecule has 0 aliphatic rings. The summed E-state index contributed by atoms with van der Waals surface area (Å²) in [6, 6.07) is 7.31. The predicted molar refractivity (Wildman–Crippen MR) is 90.5 cm³/mol. The van der Waals surface area contributed by atoms with E-state index in [1.54, 1.807) is 12.1 Å². The Morgan fingerprint density at radius 2 is 1.91 bits per heavy atom. The molecule has 0 aliphatic heterocycles. The Bertz CT molecular complexity index is 599. The second-order valence-corrected chi connectivity index (χ2v) is 7.42. The van der Waals surface area contributed by atoms with Crippen molar-refractivity contribution in [3.8, 4) is 0 Å². The van der Waals surface area contributed by atoms with Crippen LogP contribution in [0.2, 0.25) is 0 Å². The van der Waals surface area contributed by atoms with Gasteiger partial charge in [0.1, 0.15) is 6.54 Å². The number of anilines is 1. The number of benzene rings is 1. The first kappa shape index (κ1) is 18.5. The van der Waals surface area contributed by atoms with Gasteiger partial charge in [0.15, 0.2) is 0 Å². The lowest BCUT2D eigenvalue weighted by molar-refractivity contribution is -0.120. The Hall–Kier alpha value is -1.56. The van der Waals surface area contributed by atoms with Crippen LogP contribution < -0.4 is 9.62 Å². The maximum atomic E-state index is 12.1. The molecule has 1 rings (SSSR count). The number of carbonyl (C=O) groups excluding carboxylic acids is 1. The van der Waals surface area contributed by atoms with Gasteiger partial charge < -0.3 is 5.32 Å². The molecule has 5 nitrogen and oxygen atoms in total. The fourth-order valence-electron chi connectivity index (χ4n) is 2.39. The van der Waals surface area contributed by atoms with E-state index in [2.05, 4.69) is 5.32 Å². The summed E-state index contributed by atoms with van der Waals surface area (Å²) in [6.07, 6.45) is 3.67. The Labute approximate surface area is 133 Å². The number of hydrogen-bond acceptors (Lipinski definition) is 3. The van der Waals surface area contributed by atoms with Crippen LogP contribution in [0.5, 0.6) is 0 Å². The van der Waals surface area contributed by atoms with Crippen LogP contribution in [0.4, 0.5) is 5.69 Å². The zero-order valence-corrected chi connectivity index (χ0v) is 14.6. The summed E-state index contributed by atoms with van der Waals surface area (Å²) in [6.45, 7) is 5.74. The van der Waals surface area contributed by atoms with Crippen molar-refractivity contribution in [1.82, 2.24) is 5.32 Å². The van der Waals surface area contributed by atoms with Crippen molar-refractivity contribution in [2.45, 2.75) is 46.1 Å². The molecule has 124 valence electrons. The van der Waals surface area contributed by atoms with Crippen LogP contribution in [0.15, 0.2) is 24.3 Å². The molecule has 22 heavy (non-hydrogen) atoms. The number of hydrogen-bond donors (Lipinski definition) is 1. The maximum Gasteiger partial charge on any atom is 0.240 e. The van der Waals surface area contributed by atoms with Crippen LogP contribution in [0, 0.1) is 0 Å². The molecule has 0 aromatic heterocycles. The van der Waals surface area contributed by atoms with E-state index in [1.807, 2.05) is 32.9 Å². The molecular formula is C16H26N2O3S. The van der Waals surface area contributed by atoms with Gasteiger partial charge in [0.05, 0.1) is 11.9 Å².